The molecule has 1 unspecified atom stereocenters. The SMILES string of the molecule is Cc1[nH]c2c(=O)n(C)cc(C#CC(O)(c3ccccc3)C(F)(F)F)c2c1C(=O)O. The first-order valence-electron chi connectivity index (χ1n) is 8.30. The van der Waals surface area contributed by atoms with Crippen LogP contribution in [-0.4, -0.2) is 31.9 Å². The summed E-state index contributed by atoms with van der Waals surface area (Å²) in [7, 11) is 1.36. The van der Waals surface area contributed by atoms with Crippen molar-refractivity contribution in [3.63, 3.8) is 0 Å². The van der Waals surface area contributed by atoms with Crippen molar-refractivity contribution in [2.45, 2.75) is 18.7 Å². The molecule has 0 spiro atoms. The number of hydrogen-bond donors (Lipinski definition) is 3. The van der Waals surface area contributed by atoms with Crippen molar-refractivity contribution in [3.05, 3.63) is 69.3 Å². The Kier molecular flexibility index (Phi) is 4.76. The van der Waals surface area contributed by atoms with Crippen molar-refractivity contribution in [2.75, 3.05) is 0 Å². The Bertz CT molecular complexity index is 1230. The molecule has 0 aliphatic carbocycles. The summed E-state index contributed by atoms with van der Waals surface area (Å²) in [6.07, 6.45) is -3.98. The zero-order chi connectivity index (χ0) is 21.6. The maximum Gasteiger partial charge on any atom is 0.433 e. The lowest BCUT2D eigenvalue weighted by molar-refractivity contribution is -0.240. The molecular weight excluding hydrogens is 389 g/mol. The molecule has 1 aromatic carbocycles. The van der Waals surface area contributed by atoms with Gasteiger partial charge in [-0.2, -0.15) is 13.2 Å². The van der Waals surface area contributed by atoms with Gasteiger partial charge in [0.1, 0.15) is 5.52 Å². The van der Waals surface area contributed by atoms with Crippen LogP contribution in [0.1, 0.15) is 27.2 Å². The van der Waals surface area contributed by atoms with Gasteiger partial charge in [0.15, 0.2) is 0 Å². The summed E-state index contributed by atoms with van der Waals surface area (Å²) < 4.78 is 42.0. The Balaban J connectivity index is 2.34. The van der Waals surface area contributed by atoms with Crippen LogP contribution in [0.25, 0.3) is 10.9 Å². The number of aryl methyl sites for hydroxylation is 2. The fourth-order valence-corrected chi connectivity index (χ4v) is 3.05. The molecular formula is C20H15F3N2O4. The lowest BCUT2D eigenvalue weighted by atomic mass is 9.93. The summed E-state index contributed by atoms with van der Waals surface area (Å²) in [6, 6.07) is 6.32. The van der Waals surface area contributed by atoms with Crippen LogP contribution in [-0.2, 0) is 12.6 Å². The van der Waals surface area contributed by atoms with Gasteiger partial charge in [-0.15, -0.1) is 0 Å². The number of fused-ring (bicyclic) bond motifs is 1. The minimum atomic E-state index is -5.12. The number of aromatic amines is 1. The first-order chi connectivity index (χ1) is 13.5. The summed E-state index contributed by atoms with van der Waals surface area (Å²) in [5.41, 5.74) is -4.86. The fraction of sp³-hybridized carbons (Fsp3) is 0.200. The highest BCUT2D eigenvalue weighted by Gasteiger charge is 2.54. The number of aromatic nitrogens is 2. The normalized spacial score (nSPS) is 13.6. The van der Waals surface area contributed by atoms with Crippen LogP contribution >= 0.6 is 0 Å². The maximum atomic E-state index is 13.7. The van der Waals surface area contributed by atoms with E-state index in [9.17, 15) is 33.0 Å². The van der Waals surface area contributed by atoms with Gasteiger partial charge in [0.2, 0.25) is 5.60 Å². The Morgan fingerprint density at radius 3 is 2.38 bits per heavy atom. The molecule has 0 fully saturated rings. The van der Waals surface area contributed by atoms with E-state index in [4.69, 9.17) is 0 Å². The summed E-state index contributed by atoms with van der Waals surface area (Å²) >= 11 is 0. The van der Waals surface area contributed by atoms with Crippen molar-refractivity contribution >= 4 is 16.9 Å². The molecule has 2 aromatic heterocycles. The van der Waals surface area contributed by atoms with Crippen LogP contribution in [0, 0.1) is 18.8 Å². The van der Waals surface area contributed by atoms with Crippen molar-refractivity contribution in [1.82, 2.24) is 9.55 Å². The third-order valence-corrected chi connectivity index (χ3v) is 4.51. The number of aromatic carboxylic acids is 1. The van der Waals surface area contributed by atoms with E-state index in [1.165, 1.54) is 32.2 Å². The second kappa shape index (κ2) is 6.83. The van der Waals surface area contributed by atoms with Crippen LogP contribution in [0.3, 0.4) is 0 Å². The number of hydrogen-bond acceptors (Lipinski definition) is 3. The average molecular weight is 404 g/mol. The van der Waals surface area contributed by atoms with Crippen LogP contribution < -0.4 is 5.56 Å². The smallest absolute Gasteiger partial charge is 0.433 e. The van der Waals surface area contributed by atoms with E-state index >= 15 is 0 Å². The molecule has 3 aromatic rings. The van der Waals surface area contributed by atoms with Crippen LogP contribution in [0.2, 0.25) is 0 Å². The maximum absolute atomic E-state index is 13.7. The number of carboxylic acid groups (broad SMARTS) is 1. The lowest BCUT2D eigenvalue weighted by Gasteiger charge is -2.25. The van der Waals surface area contributed by atoms with Crippen molar-refractivity contribution in [3.8, 4) is 11.8 Å². The number of alkyl halides is 3. The summed E-state index contributed by atoms with van der Waals surface area (Å²) in [4.78, 5) is 26.6. The van der Waals surface area contributed by atoms with E-state index < -0.39 is 28.9 Å². The Hall–Kier alpha value is -3.51. The topological polar surface area (TPSA) is 95.3 Å². The lowest BCUT2D eigenvalue weighted by Crippen LogP contribution is -2.41. The Morgan fingerprint density at radius 1 is 1.21 bits per heavy atom. The van der Waals surface area contributed by atoms with E-state index in [1.807, 2.05) is 5.92 Å². The van der Waals surface area contributed by atoms with Gasteiger partial charge in [0.05, 0.1) is 11.1 Å². The van der Waals surface area contributed by atoms with E-state index in [1.54, 1.807) is 0 Å². The number of pyridine rings is 1. The number of rotatable bonds is 2. The zero-order valence-electron chi connectivity index (χ0n) is 15.3. The number of carbonyl (C=O) groups is 1. The predicted octanol–water partition coefficient (Wildman–Crippen LogP) is 2.67. The molecule has 9 heteroatoms. The first kappa shape index (κ1) is 20.2. The monoisotopic (exact) mass is 404 g/mol. The highest BCUT2D eigenvalue weighted by atomic mass is 19.4. The van der Waals surface area contributed by atoms with E-state index in [2.05, 4.69) is 10.9 Å². The highest BCUT2D eigenvalue weighted by Crippen LogP contribution is 2.38. The molecule has 6 nitrogen and oxygen atoms in total. The van der Waals surface area contributed by atoms with Gasteiger partial charge in [-0.05, 0) is 12.8 Å². The van der Waals surface area contributed by atoms with E-state index in [-0.39, 0.29) is 27.7 Å². The minimum absolute atomic E-state index is 0.0931. The molecule has 0 aliphatic heterocycles. The predicted molar refractivity (Wildman–Crippen MR) is 98.5 cm³/mol. The number of nitrogens with zero attached hydrogens (tertiary/aromatic N) is 1. The molecule has 150 valence electrons. The van der Waals surface area contributed by atoms with E-state index in [0.29, 0.717) is 0 Å². The molecule has 3 rings (SSSR count). The third-order valence-electron chi connectivity index (χ3n) is 4.51. The van der Waals surface area contributed by atoms with Crippen molar-refractivity contribution < 1.29 is 28.2 Å². The molecule has 1 atom stereocenters. The van der Waals surface area contributed by atoms with E-state index in [0.717, 1.165) is 22.9 Å². The number of carboxylic acids is 1. The molecule has 3 N–H and O–H groups in total. The number of nitrogens with one attached hydrogen (secondary N) is 1. The zero-order valence-corrected chi connectivity index (χ0v) is 15.3. The molecule has 0 saturated heterocycles. The summed E-state index contributed by atoms with van der Waals surface area (Å²) in [5.74, 6) is 2.73. The number of halogens is 3. The van der Waals surface area contributed by atoms with Gasteiger partial charge in [-0.1, -0.05) is 36.3 Å². The molecule has 0 bridgehead atoms. The van der Waals surface area contributed by atoms with Crippen molar-refractivity contribution in [1.29, 1.82) is 0 Å². The Labute approximate surface area is 162 Å². The van der Waals surface area contributed by atoms with Crippen molar-refractivity contribution in [2.24, 2.45) is 7.05 Å². The van der Waals surface area contributed by atoms with Crippen LogP contribution in [0.4, 0.5) is 13.2 Å². The minimum Gasteiger partial charge on any atom is -0.478 e. The average Bonchev–Trinajstić information content (AvgIpc) is 3.00. The van der Waals surface area contributed by atoms with Gasteiger partial charge in [0, 0.05) is 29.9 Å². The molecule has 0 aliphatic rings. The molecule has 0 saturated carbocycles. The largest absolute Gasteiger partial charge is 0.478 e. The van der Waals surface area contributed by atoms with Crippen LogP contribution in [0.5, 0.6) is 0 Å². The quantitative estimate of drug-likeness (QED) is 0.573. The van der Waals surface area contributed by atoms with Gasteiger partial charge < -0.3 is 19.8 Å². The number of H-pyrrole nitrogens is 1. The van der Waals surface area contributed by atoms with Gasteiger partial charge in [-0.25, -0.2) is 4.79 Å². The first-order valence-corrected chi connectivity index (χ1v) is 8.30. The fourth-order valence-electron chi connectivity index (χ4n) is 3.05. The highest BCUT2D eigenvalue weighted by molar-refractivity contribution is 6.06. The number of aliphatic hydroxyl groups is 1. The summed E-state index contributed by atoms with van der Waals surface area (Å²) in [5, 5.41) is 19.7. The molecule has 0 radical (unpaired) electrons. The molecule has 2 heterocycles. The van der Waals surface area contributed by atoms with Crippen LogP contribution in [0.15, 0.2) is 41.3 Å². The van der Waals surface area contributed by atoms with Gasteiger partial charge in [0.25, 0.3) is 5.56 Å². The van der Waals surface area contributed by atoms with Gasteiger partial charge >= 0.3 is 12.1 Å². The summed E-state index contributed by atoms with van der Waals surface area (Å²) in [6.45, 7) is 1.43. The second-order valence-corrected chi connectivity index (χ2v) is 6.46. The standard InChI is InChI=1S/C20H15F3N2O4/c1-11-14(18(27)28)15-12(10-25(2)17(26)16(15)24-11)8-9-19(29,20(21,22)23)13-6-4-3-5-7-13/h3-7,10,24,29H,1-2H3,(H,27,28). The molecule has 0 amide bonds. The number of benzene rings is 1. The third kappa shape index (κ3) is 3.28. The van der Waals surface area contributed by atoms with Gasteiger partial charge in [-0.3, -0.25) is 4.79 Å². The Morgan fingerprint density at radius 2 is 1.83 bits per heavy atom. The second-order valence-electron chi connectivity index (χ2n) is 6.46. The molecule has 29 heavy (non-hydrogen) atoms.